The Bertz CT molecular complexity index is 560. The highest BCUT2D eigenvalue weighted by molar-refractivity contribution is 8.01. The van der Waals surface area contributed by atoms with Crippen molar-refractivity contribution in [2.45, 2.75) is 48.7 Å². The molecule has 2 aromatic rings. The van der Waals surface area contributed by atoms with Gasteiger partial charge in [-0.1, -0.05) is 37.7 Å². The van der Waals surface area contributed by atoms with Crippen LogP contribution in [0.15, 0.2) is 28.6 Å². The van der Waals surface area contributed by atoms with Crippen molar-refractivity contribution < 1.29 is 0 Å². The summed E-state index contributed by atoms with van der Waals surface area (Å²) in [6.45, 7) is 4.73. The van der Waals surface area contributed by atoms with Gasteiger partial charge in [0.2, 0.25) is 0 Å². The zero-order valence-electron chi connectivity index (χ0n) is 13.0. The fraction of sp³-hybridized carbons (Fsp3) is 0.588. The maximum atomic E-state index is 4.80. The Morgan fingerprint density at radius 2 is 2.10 bits per heavy atom. The molecule has 1 aliphatic carbocycles. The second-order valence-corrected chi connectivity index (χ2v) is 8.83. The number of aromatic nitrogens is 1. The van der Waals surface area contributed by atoms with E-state index in [1.165, 1.54) is 28.3 Å². The molecular formula is C17H24N2S2. The van der Waals surface area contributed by atoms with Gasteiger partial charge in [-0.15, -0.1) is 11.3 Å². The number of benzene rings is 1. The Balaban J connectivity index is 1.76. The molecule has 0 amide bonds. The van der Waals surface area contributed by atoms with Crippen LogP contribution in [0.5, 0.6) is 0 Å². The molecule has 1 fully saturated rings. The minimum Gasteiger partial charge on any atom is -0.316 e. The van der Waals surface area contributed by atoms with E-state index in [0.717, 1.165) is 17.4 Å². The topological polar surface area (TPSA) is 24.9 Å². The Labute approximate surface area is 135 Å². The molecule has 2 nitrogen and oxygen atoms in total. The minimum absolute atomic E-state index is 0.622. The number of fused-ring (bicyclic) bond motifs is 1. The number of nitrogens with one attached hydrogen (secondary N) is 1. The summed E-state index contributed by atoms with van der Waals surface area (Å²) in [5, 5.41) is 4.17. The van der Waals surface area contributed by atoms with Crippen LogP contribution in [-0.4, -0.2) is 23.3 Å². The third-order valence-corrected chi connectivity index (χ3v) is 7.16. The second-order valence-electron chi connectivity index (χ2n) is 6.32. The van der Waals surface area contributed by atoms with Crippen molar-refractivity contribution in [1.82, 2.24) is 10.3 Å². The van der Waals surface area contributed by atoms with Gasteiger partial charge in [0.15, 0.2) is 4.34 Å². The monoisotopic (exact) mass is 320 g/mol. The third-order valence-electron chi connectivity index (χ3n) is 4.67. The average molecular weight is 321 g/mol. The molecule has 1 aromatic heterocycles. The second kappa shape index (κ2) is 6.67. The number of thioether (sulfide) groups is 1. The summed E-state index contributed by atoms with van der Waals surface area (Å²) in [4.78, 5) is 4.80. The number of hydrogen-bond donors (Lipinski definition) is 1. The first-order valence-corrected chi connectivity index (χ1v) is 9.56. The molecule has 0 radical (unpaired) electrons. The summed E-state index contributed by atoms with van der Waals surface area (Å²) in [5.74, 6) is 1.66. The van der Waals surface area contributed by atoms with Crippen molar-refractivity contribution in [1.29, 1.82) is 0 Å². The molecule has 1 saturated carbocycles. The van der Waals surface area contributed by atoms with Gasteiger partial charge in [-0.25, -0.2) is 4.98 Å². The highest BCUT2D eigenvalue weighted by Crippen LogP contribution is 2.41. The van der Waals surface area contributed by atoms with Crippen LogP contribution < -0.4 is 5.32 Å². The van der Waals surface area contributed by atoms with Gasteiger partial charge in [0.25, 0.3) is 0 Å². The van der Waals surface area contributed by atoms with Crippen LogP contribution >= 0.6 is 23.1 Å². The van der Waals surface area contributed by atoms with Gasteiger partial charge in [0, 0.05) is 11.3 Å². The SMILES string of the molecule is CNC1CCC(C(C)C)CC1Sc1nc2ccccc2s1. The normalized spacial score (nSPS) is 26.6. The average Bonchev–Trinajstić information content (AvgIpc) is 2.89. The number of hydrogen-bond acceptors (Lipinski definition) is 4. The van der Waals surface area contributed by atoms with Crippen LogP contribution in [0.1, 0.15) is 33.1 Å². The van der Waals surface area contributed by atoms with E-state index in [2.05, 4.69) is 50.5 Å². The predicted octanol–water partition coefficient (Wildman–Crippen LogP) is 4.80. The van der Waals surface area contributed by atoms with Gasteiger partial charge >= 0.3 is 0 Å². The third kappa shape index (κ3) is 3.43. The van der Waals surface area contributed by atoms with Crippen LogP contribution in [0.2, 0.25) is 0 Å². The molecule has 21 heavy (non-hydrogen) atoms. The van der Waals surface area contributed by atoms with Crippen molar-refractivity contribution in [3.05, 3.63) is 24.3 Å². The van der Waals surface area contributed by atoms with Crippen LogP contribution in [0, 0.1) is 11.8 Å². The van der Waals surface area contributed by atoms with Crippen LogP contribution in [0.25, 0.3) is 10.2 Å². The quantitative estimate of drug-likeness (QED) is 0.876. The summed E-state index contributed by atoms with van der Waals surface area (Å²) in [7, 11) is 2.10. The van der Waals surface area contributed by atoms with Crippen LogP contribution in [0.4, 0.5) is 0 Å². The van der Waals surface area contributed by atoms with Crippen molar-refractivity contribution in [3.8, 4) is 0 Å². The number of para-hydroxylation sites is 1. The fourth-order valence-electron chi connectivity index (χ4n) is 3.26. The lowest BCUT2D eigenvalue weighted by Gasteiger charge is -2.37. The molecule has 1 aliphatic rings. The van der Waals surface area contributed by atoms with Gasteiger partial charge < -0.3 is 5.32 Å². The molecule has 114 valence electrons. The first-order chi connectivity index (χ1) is 10.2. The van der Waals surface area contributed by atoms with E-state index in [4.69, 9.17) is 4.98 Å². The Kier molecular flexibility index (Phi) is 4.87. The van der Waals surface area contributed by atoms with E-state index in [1.807, 2.05) is 23.1 Å². The molecule has 0 spiro atoms. The lowest BCUT2D eigenvalue weighted by atomic mass is 9.79. The molecular weight excluding hydrogens is 296 g/mol. The number of thiazole rings is 1. The summed E-state index contributed by atoms with van der Waals surface area (Å²) < 4.78 is 2.53. The molecule has 0 aliphatic heterocycles. The zero-order valence-corrected chi connectivity index (χ0v) is 14.6. The highest BCUT2D eigenvalue weighted by atomic mass is 32.2. The molecule has 1 heterocycles. The van der Waals surface area contributed by atoms with Gasteiger partial charge in [0.1, 0.15) is 0 Å². The van der Waals surface area contributed by atoms with Crippen LogP contribution in [0.3, 0.4) is 0 Å². The standard InChI is InChI=1S/C17H24N2S2/c1-11(2)12-8-9-13(18-3)16(10-12)21-17-19-14-6-4-5-7-15(14)20-17/h4-7,11-13,16,18H,8-10H2,1-3H3. The van der Waals surface area contributed by atoms with Crippen molar-refractivity contribution in [3.63, 3.8) is 0 Å². The van der Waals surface area contributed by atoms with Crippen molar-refractivity contribution in [2.75, 3.05) is 7.05 Å². The van der Waals surface area contributed by atoms with E-state index in [0.29, 0.717) is 11.3 Å². The van der Waals surface area contributed by atoms with E-state index in [9.17, 15) is 0 Å². The molecule has 1 N–H and O–H groups in total. The van der Waals surface area contributed by atoms with E-state index in [1.54, 1.807) is 0 Å². The number of rotatable bonds is 4. The largest absolute Gasteiger partial charge is 0.316 e. The molecule has 1 aromatic carbocycles. The first-order valence-electron chi connectivity index (χ1n) is 7.87. The van der Waals surface area contributed by atoms with Gasteiger partial charge in [-0.05, 0) is 50.3 Å². The molecule has 0 saturated heterocycles. The van der Waals surface area contributed by atoms with Gasteiger partial charge in [0.05, 0.1) is 10.2 Å². The Morgan fingerprint density at radius 1 is 1.29 bits per heavy atom. The minimum atomic E-state index is 0.622. The lowest BCUT2D eigenvalue weighted by molar-refractivity contribution is 0.251. The summed E-state index contributed by atoms with van der Waals surface area (Å²) >= 11 is 3.83. The predicted molar refractivity (Wildman–Crippen MR) is 94.3 cm³/mol. The van der Waals surface area contributed by atoms with E-state index < -0.39 is 0 Å². The summed E-state index contributed by atoms with van der Waals surface area (Å²) in [5.41, 5.74) is 1.14. The lowest BCUT2D eigenvalue weighted by Crippen LogP contribution is -2.41. The smallest absolute Gasteiger partial charge is 0.151 e. The highest BCUT2D eigenvalue weighted by Gasteiger charge is 2.32. The fourth-order valence-corrected chi connectivity index (χ4v) is 5.98. The Morgan fingerprint density at radius 3 is 2.81 bits per heavy atom. The summed E-state index contributed by atoms with van der Waals surface area (Å²) in [6.07, 6.45) is 3.96. The van der Waals surface area contributed by atoms with E-state index >= 15 is 0 Å². The summed E-state index contributed by atoms with van der Waals surface area (Å²) in [6, 6.07) is 9.08. The Hall–Kier alpha value is -0.580. The molecule has 3 atom stereocenters. The van der Waals surface area contributed by atoms with Crippen molar-refractivity contribution in [2.24, 2.45) is 11.8 Å². The van der Waals surface area contributed by atoms with Gasteiger partial charge in [-0.2, -0.15) is 0 Å². The number of nitrogens with zero attached hydrogens (tertiary/aromatic N) is 1. The molecule has 3 unspecified atom stereocenters. The molecule has 4 heteroatoms. The zero-order chi connectivity index (χ0) is 14.8. The molecule has 3 rings (SSSR count). The van der Waals surface area contributed by atoms with Gasteiger partial charge in [-0.3, -0.25) is 0 Å². The van der Waals surface area contributed by atoms with E-state index in [-0.39, 0.29) is 0 Å². The van der Waals surface area contributed by atoms with Crippen molar-refractivity contribution >= 4 is 33.3 Å². The molecule has 0 bridgehead atoms. The maximum Gasteiger partial charge on any atom is 0.151 e. The van der Waals surface area contributed by atoms with Crippen LogP contribution in [-0.2, 0) is 0 Å². The first kappa shape index (κ1) is 15.3. The maximum absolute atomic E-state index is 4.80.